The molecule has 6 nitrogen and oxygen atoms in total. The van der Waals surface area contributed by atoms with Crippen molar-refractivity contribution < 1.29 is 76.0 Å². The summed E-state index contributed by atoms with van der Waals surface area (Å²) < 4.78 is 0. The molecule has 0 aromatic heterocycles. The maximum Gasteiger partial charge on any atom is 1.00 e. The van der Waals surface area contributed by atoms with E-state index < -0.39 is 11.9 Å². The number of nitrogens with one attached hydrogen (secondary N) is 1. The zero-order valence-electron chi connectivity index (χ0n) is 23.1. The Morgan fingerprint density at radius 3 is 1.40 bits per heavy atom. The van der Waals surface area contributed by atoms with Crippen LogP contribution in [0.3, 0.4) is 0 Å². The number of aliphatic carboxylic acids is 2. The fraction of sp³-hybridized carbons (Fsp3) is 0.821. The summed E-state index contributed by atoms with van der Waals surface area (Å²) in [6, 6.07) is 0. The van der Waals surface area contributed by atoms with Crippen molar-refractivity contribution in [1.82, 2.24) is 5.32 Å². The Balaban J connectivity index is -0.000000603. The second-order valence-electron chi connectivity index (χ2n) is 9.06. The molecule has 3 N–H and O–H groups in total. The number of amides is 1. The van der Waals surface area contributed by atoms with Gasteiger partial charge in [-0.1, -0.05) is 103 Å². The normalized spacial score (nSPS) is 10.3. The number of hydrogen-bond donors (Lipinski definition) is 3. The van der Waals surface area contributed by atoms with Gasteiger partial charge in [-0.2, -0.15) is 0 Å². The van der Waals surface area contributed by atoms with Gasteiger partial charge in [0.1, 0.15) is 6.54 Å². The zero-order valence-corrected chi connectivity index (χ0v) is 26.2. The van der Waals surface area contributed by atoms with Crippen LogP contribution in [0, 0.1) is 0 Å². The smallest absolute Gasteiger partial charge is 0.481 e. The third-order valence-electron chi connectivity index (χ3n) is 5.60. The Kier molecular flexibility index (Phi) is 37.9. The van der Waals surface area contributed by atoms with Gasteiger partial charge in [-0.15, -0.1) is 0 Å². The van der Waals surface area contributed by atoms with Crippen LogP contribution in [-0.4, -0.2) is 34.6 Å². The van der Waals surface area contributed by atoms with Crippen LogP contribution in [0.1, 0.15) is 142 Å². The van der Waals surface area contributed by atoms with Crippen LogP contribution in [-0.2, 0) is 14.4 Å². The van der Waals surface area contributed by atoms with Crippen molar-refractivity contribution in [3.63, 3.8) is 0 Å². The van der Waals surface area contributed by atoms with E-state index in [1.165, 1.54) is 83.5 Å². The molecule has 1 amide bonds. The molecule has 0 spiro atoms. The van der Waals surface area contributed by atoms with E-state index in [1.807, 2.05) is 0 Å². The Bertz CT molecular complexity index is 512. The number of carboxylic acid groups (broad SMARTS) is 2. The maximum absolute atomic E-state index is 11.0. The van der Waals surface area contributed by atoms with E-state index >= 15 is 0 Å². The average Bonchev–Trinajstić information content (AvgIpc) is 2.80. The van der Waals surface area contributed by atoms with E-state index in [0.717, 1.165) is 32.1 Å². The summed E-state index contributed by atoms with van der Waals surface area (Å²) in [6.45, 7) is 4.13. The second-order valence-corrected chi connectivity index (χ2v) is 9.06. The summed E-state index contributed by atoms with van der Waals surface area (Å²) in [7, 11) is 0. The minimum atomic E-state index is -0.996. The molecule has 0 unspecified atom stereocenters. The fourth-order valence-electron chi connectivity index (χ4n) is 3.50. The van der Waals surface area contributed by atoms with E-state index in [1.54, 1.807) is 0 Å². The molecule has 0 saturated heterocycles. The topological polar surface area (TPSA) is 104 Å². The van der Waals surface area contributed by atoms with Crippen molar-refractivity contribution in [2.24, 2.45) is 0 Å². The predicted molar refractivity (Wildman–Crippen MR) is 141 cm³/mol. The van der Waals surface area contributed by atoms with E-state index in [0.29, 0.717) is 12.8 Å². The van der Waals surface area contributed by atoms with Crippen molar-refractivity contribution >= 4 is 17.8 Å². The summed E-state index contributed by atoms with van der Waals surface area (Å²) in [4.78, 5) is 31.4. The number of carbonyl (C=O) groups excluding carboxylic acids is 1. The molecule has 7 heteroatoms. The van der Waals surface area contributed by atoms with Gasteiger partial charge in [-0.25, -0.2) is 0 Å². The molecule has 0 atom stereocenters. The number of carboxylic acids is 2. The fourth-order valence-corrected chi connectivity index (χ4v) is 3.50. The largest absolute Gasteiger partial charge is 1.00 e. The molecule has 35 heavy (non-hydrogen) atoms. The summed E-state index contributed by atoms with van der Waals surface area (Å²) in [5, 5.41) is 19.1. The second kappa shape index (κ2) is 33.8. The van der Waals surface area contributed by atoms with Crippen molar-refractivity contribution in [2.75, 3.05) is 6.54 Å². The molecule has 200 valence electrons. The van der Waals surface area contributed by atoms with Crippen LogP contribution in [0.4, 0.5) is 0 Å². The molecule has 0 radical (unpaired) electrons. The minimum absolute atomic E-state index is 0. The Morgan fingerprint density at radius 2 is 0.971 bits per heavy atom. The molecule has 0 bridgehead atoms. The van der Waals surface area contributed by atoms with Crippen molar-refractivity contribution in [1.29, 1.82) is 0 Å². The molecule has 0 aromatic rings. The third-order valence-corrected chi connectivity index (χ3v) is 5.60. The SMILES string of the molecule is CCCCCCCC(=O)NCC(=O)O.CCCCCCCCC=CCCCCCCCC(=O)O.[K+]. The molecule has 0 rings (SSSR count). The Morgan fingerprint density at radius 1 is 0.571 bits per heavy atom. The Hall–Kier alpha value is -0.214. The number of carbonyl (C=O) groups is 3. The van der Waals surface area contributed by atoms with Gasteiger partial charge in [0.2, 0.25) is 5.91 Å². The minimum Gasteiger partial charge on any atom is -0.481 e. The summed E-state index contributed by atoms with van der Waals surface area (Å²) in [5.74, 6) is -1.82. The molecule has 0 heterocycles. The van der Waals surface area contributed by atoms with Gasteiger partial charge in [-0.3, -0.25) is 14.4 Å². The van der Waals surface area contributed by atoms with Gasteiger partial charge in [0, 0.05) is 12.8 Å². The van der Waals surface area contributed by atoms with Crippen LogP contribution in [0.15, 0.2) is 12.2 Å². The number of hydrogen-bond acceptors (Lipinski definition) is 3. The summed E-state index contributed by atoms with van der Waals surface area (Å²) in [5.41, 5.74) is 0. The van der Waals surface area contributed by atoms with Crippen LogP contribution in [0.25, 0.3) is 0 Å². The predicted octanol–water partition coefficient (Wildman–Crippen LogP) is 4.66. The first-order valence-corrected chi connectivity index (χ1v) is 13.8. The van der Waals surface area contributed by atoms with Gasteiger partial charge in [-0.05, 0) is 38.5 Å². The van der Waals surface area contributed by atoms with Gasteiger partial charge in [0.05, 0.1) is 0 Å². The number of unbranched alkanes of at least 4 members (excludes halogenated alkanes) is 15. The first-order chi connectivity index (χ1) is 16.4. The number of allylic oxidation sites excluding steroid dienone is 2. The van der Waals surface area contributed by atoms with Gasteiger partial charge >= 0.3 is 63.3 Å². The Labute approximate surface area is 257 Å². The quantitative estimate of drug-likeness (QED) is 0.103. The summed E-state index contributed by atoms with van der Waals surface area (Å²) >= 11 is 0. The van der Waals surface area contributed by atoms with E-state index in [-0.39, 0.29) is 63.8 Å². The van der Waals surface area contributed by atoms with Gasteiger partial charge < -0.3 is 15.5 Å². The van der Waals surface area contributed by atoms with Crippen molar-refractivity contribution in [3.05, 3.63) is 12.2 Å². The van der Waals surface area contributed by atoms with E-state index in [4.69, 9.17) is 10.2 Å². The molecular weight excluding hydrogens is 469 g/mol. The van der Waals surface area contributed by atoms with Crippen molar-refractivity contribution in [2.45, 2.75) is 142 Å². The van der Waals surface area contributed by atoms with Crippen LogP contribution in [0.5, 0.6) is 0 Å². The molecule has 0 aliphatic rings. The molecule has 0 aliphatic heterocycles. The molecule has 0 saturated carbocycles. The summed E-state index contributed by atoms with van der Waals surface area (Å²) in [6.07, 6.45) is 27.1. The van der Waals surface area contributed by atoms with Crippen LogP contribution < -0.4 is 56.7 Å². The average molecular weight is 523 g/mol. The molecule has 0 fully saturated rings. The molecule has 0 aliphatic carbocycles. The third kappa shape index (κ3) is 41.2. The standard InChI is InChI=1S/C18H34O2.C10H19NO3.K/c1-2-3-4-5-6-7-8-9-10-11-12-13-14-15-16-17-18(19)20;1-2-3-4-5-6-7-9(12)11-8-10(13)14;/h9-10H,2-8,11-17H2,1H3,(H,19,20);2-8H2,1H3,(H,11,12)(H,13,14);/q;;+1. The van der Waals surface area contributed by atoms with Gasteiger partial charge in [0.25, 0.3) is 0 Å². The maximum atomic E-state index is 11.0. The van der Waals surface area contributed by atoms with Crippen molar-refractivity contribution in [3.8, 4) is 0 Å². The first kappa shape index (κ1) is 39.3. The first-order valence-electron chi connectivity index (χ1n) is 13.8. The van der Waals surface area contributed by atoms with Gasteiger partial charge in [0.15, 0.2) is 0 Å². The number of rotatable bonds is 23. The monoisotopic (exact) mass is 522 g/mol. The molecule has 0 aromatic carbocycles. The zero-order chi connectivity index (χ0) is 25.7. The van der Waals surface area contributed by atoms with E-state index in [9.17, 15) is 14.4 Å². The molecular formula is C28H53KNO5+. The van der Waals surface area contributed by atoms with Crippen LogP contribution in [0.2, 0.25) is 0 Å². The van der Waals surface area contributed by atoms with E-state index in [2.05, 4.69) is 31.3 Å². The van der Waals surface area contributed by atoms with Crippen LogP contribution >= 0.6 is 0 Å².